The van der Waals surface area contributed by atoms with Crippen LogP contribution in [0.1, 0.15) is 12.8 Å². The fourth-order valence-corrected chi connectivity index (χ4v) is 3.23. The highest BCUT2D eigenvalue weighted by Crippen LogP contribution is 2.23. The molecule has 19 heavy (non-hydrogen) atoms. The summed E-state index contributed by atoms with van der Waals surface area (Å²) in [5, 5.41) is 6.61. The van der Waals surface area contributed by atoms with Crippen LogP contribution in [0.4, 0.5) is 0 Å². The maximum atomic E-state index is 5.90. The molecule has 0 bridgehead atoms. The van der Waals surface area contributed by atoms with Gasteiger partial charge in [0.05, 0.1) is 6.17 Å². The van der Waals surface area contributed by atoms with Gasteiger partial charge in [0, 0.05) is 44.7 Å². The van der Waals surface area contributed by atoms with Crippen molar-refractivity contribution < 1.29 is 0 Å². The molecule has 2 aliphatic heterocycles. The molecule has 4 unspecified atom stereocenters. The van der Waals surface area contributed by atoms with Crippen molar-refractivity contribution >= 4 is 0 Å². The van der Waals surface area contributed by atoms with Crippen molar-refractivity contribution in [1.29, 1.82) is 0 Å². The molecule has 2 aliphatic rings. The van der Waals surface area contributed by atoms with Crippen LogP contribution in [0.3, 0.4) is 0 Å². The summed E-state index contributed by atoms with van der Waals surface area (Å²) in [6.07, 6.45) is 2.51. The Morgan fingerprint density at radius 2 is 2.16 bits per heavy atom. The lowest BCUT2D eigenvalue weighted by molar-refractivity contribution is 0.198. The van der Waals surface area contributed by atoms with Gasteiger partial charge in [0.2, 0.25) is 0 Å². The zero-order chi connectivity index (χ0) is 13.7. The average Bonchev–Trinajstić information content (AvgIpc) is 2.85. The van der Waals surface area contributed by atoms with Crippen molar-refractivity contribution in [2.45, 2.75) is 25.0 Å². The Kier molecular flexibility index (Phi) is 6.00. The highest BCUT2D eigenvalue weighted by molar-refractivity contribution is 4.92. The van der Waals surface area contributed by atoms with Crippen LogP contribution < -0.4 is 27.2 Å². The molecule has 6 nitrogen and oxygen atoms in total. The Labute approximate surface area is 116 Å². The largest absolute Gasteiger partial charge is 0.318 e. The molecule has 0 amide bonds. The van der Waals surface area contributed by atoms with Gasteiger partial charge in [-0.05, 0) is 32.9 Å². The highest BCUT2D eigenvalue weighted by atomic mass is 15.4. The summed E-state index contributed by atoms with van der Waals surface area (Å²) in [6.45, 7) is 5.41. The van der Waals surface area contributed by atoms with E-state index < -0.39 is 0 Å². The van der Waals surface area contributed by atoms with Gasteiger partial charge in [-0.15, -0.1) is 0 Å². The van der Waals surface area contributed by atoms with E-state index >= 15 is 0 Å². The van der Waals surface area contributed by atoms with Crippen molar-refractivity contribution in [3.63, 3.8) is 0 Å². The Morgan fingerprint density at radius 3 is 2.84 bits per heavy atom. The summed E-state index contributed by atoms with van der Waals surface area (Å²) in [5.41, 5.74) is 12.7. The molecule has 0 saturated carbocycles. The Balaban J connectivity index is 1.79. The molecule has 2 saturated heterocycles. The molecule has 0 aromatic rings. The van der Waals surface area contributed by atoms with Gasteiger partial charge in [0.25, 0.3) is 0 Å². The Hall–Kier alpha value is -0.240. The van der Waals surface area contributed by atoms with E-state index in [1.165, 1.54) is 6.42 Å². The maximum Gasteiger partial charge on any atom is 0.0546 e. The van der Waals surface area contributed by atoms with Gasteiger partial charge in [-0.2, -0.15) is 0 Å². The smallest absolute Gasteiger partial charge is 0.0546 e. The first-order chi connectivity index (χ1) is 9.20. The minimum Gasteiger partial charge on any atom is -0.318 e. The number of hydrazine groups is 1. The minimum absolute atomic E-state index is 0.197. The van der Waals surface area contributed by atoms with Gasteiger partial charge in [-0.3, -0.25) is 10.9 Å². The number of rotatable bonds is 6. The number of nitrogens with zero attached hydrogens (tertiary/aromatic N) is 1. The highest BCUT2D eigenvalue weighted by Gasteiger charge is 2.35. The zero-order valence-corrected chi connectivity index (χ0v) is 12.3. The van der Waals surface area contributed by atoms with Crippen molar-refractivity contribution in [1.82, 2.24) is 26.4 Å². The molecule has 6 N–H and O–H groups in total. The normalized spacial score (nSPS) is 36.0. The first-order valence-electron chi connectivity index (χ1n) is 7.51. The first-order valence-corrected chi connectivity index (χ1v) is 7.51. The van der Waals surface area contributed by atoms with Gasteiger partial charge in [-0.25, -0.2) is 0 Å². The molecule has 2 heterocycles. The summed E-state index contributed by atoms with van der Waals surface area (Å²) in [5.74, 6) is 1.38. The zero-order valence-electron chi connectivity index (χ0n) is 12.3. The first kappa shape index (κ1) is 15.2. The summed E-state index contributed by atoms with van der Waals surface area (Å²) in [4.78, 5) is 2.42. The van der Waals surface area contributed by atoms with E-state index in [0.29, 0.717) is 17.9 Å². The predicted octanol–water partition coefficient (Wildman–Crippen LogP) is -1.49. The molecular formula is C13H30N6. The summed E-state index contributed by atoms with van der Waals surface area (Å²) in [6, 6.07) is 0.567. The van der Waals surface area contributed by atoms with Crippen molar-refractivity contribution in [3.05, 3.63) is 0 Å². The third-order valence-electron chi connectivity index (χ3n) is 4.43. The fourth-order valence-electron chi connectivity index (χ4n) is 3.23. The third-order valence-corrected chi connectivity index (χ3v) is 4.43. The van der Waals surface area contributed by atoms with Crippen molar-refractivity contribution in [2.24, 2.45) is 17.6 Å². The lowest BCUT2D eigenvalue weighted by Crippen LogP contribution is -2.52. The molecule has 2 rings (SSSR count). The van der Waals surface area contributed by atoms with E-state index in [-0.39, 0.29) is 6.17 Å². The molecule has 0 aromatic heterocycles. The van der Waals surface area contributed by atoms with Crippen LogP contribution in [0.25, 0.3) is 0 Å². The van der Waals surface area contributed by atoms with Gasteiger partial charge < -0.3 is 21.3 Å². The van der Waals surface area contributed by atoms with Crippen LogP contribution in [-0.4, -0.2) is 63.9 Å². The van der Waals surface area contributed by atoms with Crippen LogP contribution in [0.2, 0.25) is 0 Å². The van der Waals surface area contributed by atoms with Crippen molar-refractivity contribution in [3.8, 4) is 0 Å². The van der Waals surface area contributed by atoms with Crippen LogP contribution in [0, 0.1) is 11.8 Å². The van der Waals surface area contributed by atoms with E-state index in [0.717, 1.165) is 39.1 Å². The number of piperidine rings is 1. The SMILES string of the molecule is CNCCN(C)CC1CNNC1C1CCC(N)NC1. The van der Waals surface area contributed by atoms with Crippen LogP contribution >= 0.6 is 0 Å². The van der Waals surface area contributed by atoms with E-state index in [2.05, 4.69) is 33.4 Å². The van der Waals surface area contributed by atoms with E-state index in [1.807, 2.05) is 7.05 Å². The van der Waals surface area contributed by atoms with Gasteiger partial charge in [0.1, 0.15) is 0 Å². The molecule has 112 valence electrons. The molecule has 0 aliphatic carbocycles. The third kappa shape index (κ3) is 4.37. The molecule has 4 atom stereocenters. The molecular weight excluding hydrogens is 240 g/mol. The molecule has 0 spiro atoms. The lowest BCUT2D eigenvalue weighted by atomic mass is 9.84. The number of hydrogen-bond donors (Lipinski definition) is 5. The van der Waals surface area contributed by atoms with E-state index in [4.69, 9.17) is 5.73 Å². The number of nitrogens with two attached hydrogens (primary N) is 1. The Morgan fingerprint density at radius 1 is 1.32 bits per heavy atom. The molecule has 0 aromatic carbocycles. The topological polar surface area (TPSA) is 77.4 Å². The monoisotopic (exact) mass is 270 g/mol. The summed E-state index contributed by atoms with van der Waals surface area (Å²) >= 11 is 0. The van der Waals surface area contributed by atoms with Crippen LogP contribution in [0.15, 0.2) is 0 Å². The quantitative estimate of drug-likeness (QED) is 0.405. The maximum absolute atomic E-state index is 5.90. The van der Waals surface area contributed by atoms with E-state index in [1.54, 1.807) is 0 Å². The molecule has 2 fully saturated rings. The predicted molar refractivity (Wildman–Crippen MR) is 78.5 cm³/mol. The van der Waals surface area contributed by atoms with Crippen LogP contribution in [0.5, 0.6) is 0 Å². The number of hydrogen-bond acceptors (Lipinski definition) is 6. The average molecular weight is 270 g/mol. The van der Waals surface area contributed by atoms with Gasteiger partial charge in [0.15, 0.2) is 0 Å². The second-order valence-electron chi connectivity index (χ2n) is 6.03. The minimum atomic E-state index is 0.197. The molecule has 0 radical (unpaired) electrons. The van der Waals surface area contributed by atoms with Gasteiger partial charge >= 0.3 is 0 Å². The fraction of sp³-hybridized carbons (Fsp3) is 1.00. The second-order valence-corrected chi connectivity index (χ2v) is 6.03. The van der Waals surface area contributed by atoms with E-state index in [9.17, 15) is 0 Å². The van der Waals surface area contributed by atoms with Crippen LogP contribution in [-0.2, 0) is 0 Å². The molecule has 6 heteroatoms. The lowest BCUT2D eigenvalue weighted by Gasteiger charge is -2.35. The number of nitrogens with one attached hydrogen (secondary N) is 4. The Bertz CT molecular complexity index is 254. The summed E-state index contributed by atoms with van der Waals surface area (Å²) in [7, 11) is 4.22. The standard InChI is InChI=1S/C13H30N6/c1-15-5-6-19(2)9-11-8-17-18-13(11)10-3-4-12(14)16-7-10/h10-13,15-18H,3-9,14H2,1-2H3. The van der Waals surface area contributed by atoms with Crippen molar-refractivity contribution in [2.75, 3.05) is 46.8 Å². The summed E-state index contributed by atoms with van der Waals surface area (Å²) < 4.78 is 0. The van der Waals surface area contributed by atoms with Gasteiger partial charge in [-0.1, -0.05) is 0 Å². The second kappa shape index (κ2) is 7.52. The number of likely N-dealkylation sites (N-methyl/N-ethyl adjacent to an activating group) is 2.